The predicted octanol–water partition coefficient (Wildman–Crippen LogP) is 1.65. The average Bonchev–Trinajstić information content (AvgIpc) is 3.12. The number of hydrogen-bond acceptors (Lipinski definition) is 4. The van der Waals surface area contributed by atoms with Crippen LogP contribution in [0.4, 0.5) is 0 Å². The van der Waals surface area contributed by atoms with Crippen LogP contribution in [-0.2, 0) is 11.3 Å². The van der Waals surface area contributed by atoms with Crippen molar-refractivity contribution in [2.45, 2.75) is 18.5 Å². The number of nitrogens with zero attached hydrogens (tertiary/aromatic N) is 3. The van der Waals surface area contributed by atoms with Crippen LogP contribution in [0.25, 0.3) is 0 Å². The molecule has 1 aromatic heterocycles. The number of hydrogen-bond donors (Lipinski definition) is 0. The molecule has 0 radical (unpaired) electrons. The van der Waals surface area contributed by atoms with E-state index in [0.717, 1.165) is 45.7 Å². The number of thiophene rings is 1. The number of rotatable bonds is 4. The number of carbonyl (C=O) groups is 1. The van der Waals surface area contributed by atoms with Crippen molar-refractivity contribution in [2.24, 2.45) is 0 Å². The molecule has 2 saturated heterocycles. The molecule has 3 rings (SSSR count). The molecular weight excluding hydrogens is 282 g/mol. The SMILES string of the molecule is C=CCN1CCN(C)C(=O)C12CCN(Cc1ccsc1)C2. The van der Waals surface area contributed by atoms with Crippen LogP contribution in [0.3, 0.4) is 0 Å². The molecule has 1 unspecified atom stereocenters. The zero-order valence-corrected chi connectivity index (χ0v) is 13.4. The molecule has 5 heteroatoms. The van der Waals surface area contributed by atoms with Crippen molar-refractivity contribution in [1.29, 1.82) is 0 Å². The first-order valence-corrected chi connectivity index (χ1v) is 8.45. The fraction of sp³-hybridized carbons (Fsp3) is 0.562. The highest BCUT2D eigenvalue weighted by Gasteiger charge is 2.51. The van der Waals surface area contributed by atoms with Gasteiger partial charge < -0.3 is 4.90 Å². The number of amides is 1. The number of likely N-dealkylation sites (N-methyl/N-ethyl adjacent to an activating group) is 1. The zero-order chi connectivity index (χ0) is 14.9. The number of carbonyl (C=O) groups excluding carboxylic acids is 1. The van der Waals surface area contributed by atoms with E-state index < -0.39 is 0 Å². The quantitative estimate of drug-likeness (QED) is 0.792. The van der Waals surface area contributed by atoms with Crippen LogP contribution in [0, 0.1) is 0 Å². The third-order valence-electron chi connectivity index (χ3n) is 4.72. The van der Waals surface area contributed by atoms with Gasteiger partial charge in [0.1, 0.15) is 5.54 Å². The molecular formula is C16H23N3OS. The van der Waals surface area contributed by atoms with E-state index >= 15 is 0 Å². The summed E-state index contributed by atoms with van der Waals surface area (Å²) in [5.41, 5.74) is 1.01. The summed E-state index contributed by atoms with van der Waals surface area (Å²) in [5, 5.41) is 4.31. The second-order valence-electron chi connectivity index (χ2n) is 6.09. The first-order chi connectivity index (χ1) is 10.2. The van der Waals surface area contributed by atoms with Gasteiger partial charge in [-0.15, -0.1) is 6.58 Å². The Bertz CT molecular complexity index is 516. The Morgan fingerprint density at radius 3 is 3.00 bits per heavy atom. The highest BCUT2D eigenvalue weighted by atomic mass is 32.1. The van der Waals surface area contributed by atoms with Crippen molar-refractivity contribution >= 4 is 17.2 Å². The predicted molar refractivity (Wildman–Crippen MR) is 86.4 cm³/mol. The first-order valence-electron chi connectivity index (χ1n) is 7.51. The van der Waals surface area contributed by atoms with E-state index in [1.165, 1.54) is 5.56 Å². The van der Waals surface area contributed by atoms with Crippen LogP contribution in [0.15, 0.2) is 29.5 Å². The lowest BCUT2D eigenvalue weighted by molar-refractivity contribution is -0.148. The van der Waals surface area contributed by atoms with Gasteiger partial charge in [-0.05, 0) is 28.8 Å². The first kappa shape index (κ1) is 14.8. The second kappa shape index (κ2) is 5.91. The summed E-state index contributed by atoms with van der Waals surface area (Å²) in [6.07, 6.45) is 2.84. The van der Waals surface area contributed by atoms with Crippen molar-refractivity contribution in [3.8, 4) is 0 Å². The molecule has 0 N–H and O–H groups in total. The Labute approximate surface area is 130 Å². The Kier molecular flexibility index (Phi) is 4.15. The summed E-state index contributed by atoms with van der Waals surface area (Å²) in [6, 6.07) is 2.17. The van der Waals surface area contributed by atoms with E-state index in [2.05, 4.69) is 33.2 Å². The maximum Gasteiger partial charge on any atom is 0.244 e. The maximum atomic E-state index is 12.8. The Hall–Kier alpha value is -1.17. The van der Waals surface area contributed by atoms with Gasteiger partial charge in [0.2, 0.25) is 5.91 Å². The number of piperazine rings is 1. The summed E-state index contributed by atoms with van der Waals surface area (Å²) >= 11 is 1.73. The molecule has 21 heavy (non-hydrogen) atoms. The van der Waals surface area contributed by atoms with E-state index in [0.29, 0.717) is 0 Å². The largest absolute Gasteiger partial charge is 0.343 e. The molecule has 2 fully saturated rings. The third-order valence-corrected chi connectivity index (χ3v) is 5.45. The van der Waals surface area contributed by atoms with Crippen LogP contribution in [0.1, 0.15) is 12.0 Å². The van der Waals surface area contributed by atoms with Gasteiger partial charge in [-0.1, -0.05) is 6.08 Å². The van der Waals surface area contributed by atoms with E-state index in [1.807, 2.05) is 18.0 Å². The molecule has 0 bridgehead atoms. The lowest BCUT2D eigenvalue weighted by atomic mass is 9.91. The summed E-state index contributed by atoms with van der Waals surface area (Å²) < 4.78 is 0. The molecule has 3 heterocycles. The lowest BCUT2D eigenvalue weighted by Gasteiger charge is -2.46. The van der Waals surface area contributed by atoms with E-state index in [-0.39, 0.29) is 11.4 Å². The summed E-state index contributed by atoms with van der Waals surface area (Å²) in [5.74, 6) is 0.281. The molecule has 2 aliphatic rings. The van der Waals surface area contributed by atoms with Gasteiger partial charge in [0.05, 0.1) is 0 Å². The molecule has 0 aliphatic carbocycles. The molecule has 1 spiro atoms. The monoisotopic (exact) mass is 305 g/mol. The van der Waals surface area contributed by atoms with Gasteiger partial charge in [0.15, 0.2) is 0 Å². The molecule has 1 atom stereocenters. The molecule has 114 valence electrons. The van der Waals surface area contributed by atoms with Gasteiger partial charge in [0, 0.05) is 46.3 Å². The minimum Gasteiger partial charge on any atom is -0.343 e. The fourth-order valence-corrected chi connectivity index (χ4v) is 4.24. The van der Waals surface area contributed by atoms with Crippen molar-refractivity contribution in [3.63, 3.8) is 0 Å². The Balaban J connectivity index is 1.77. The third kappa shape index (κ3) is 2.65. The van der Waals surface area contributed by atoms with Crippen molar-refractivity contribution in [1.82, 2.24) is 14.7 Å². The standard InChI is InChI=1S/C16H23N3OS/c1-3-6-19-9-8-17(2)15(20)16(19)5-7-18(13-16)11-14-4-10-21-12-14/h3-4,10,12H,1,5-9,11,13H2,2H3. The maximum absolute atomic E-state index is 12.8. The van der Waals surface area contributed by atoms with Gasteiger partial charge >= 0.3 is 0 Å². The summed E-state index contributed by atoms with van der Waals surface area (Å²) in [6.45, 7) is 9.19. The topological polar surface area (TPSA) is 26.8 Å². The van der Waals surface area contributed by atoms with E-state index in [1.54, 1.807) is 11.3 Å². The van der Waals surface area contributed by atoms with Crippen LogP contribution < -0.4 is 0 Å². The minimum atomic E-state index is -0.336. The molecule has 4 nitrogen and oxygen atoms in total. The highest BCUT2D eigenvalue weighted by molar-refractivity contribution is 7.07. The average molecular weight is 305 g/mol. The van der Waals surface area contributed by atoms with Crippen LogP contribution in [-0.4, -0.2) is 65.9 Å². The molecule has 1 amide bonds. The van der Waals surface area contributed by atoms with Crippen LogP contribution in [0.5, 0.6) is 0 Å². The smallest absolute Gasteiger partial charge is 0.244 e. The molecule has 0 saturated carbocycles. The minimum absolute atomic E-state index is 0.281. The fourth-order valence-electron chi connectivity index (χ4n) is 3.58. The molecule has 2 aliphatic heterocycles. The normalized spacial score (nSPS) is 27.7. The second-order valence-corrected chi connectivity index (χ2v) is 6.87. The van der Waals surface area contributed by atoms with Gasteiger partial charge in [-0.25, -0.2) is 0 Å². The van der Waals surface area contributed by atoms with Crippen molar-refractivity contribution in [3.05, 3.63) is 35.0 Å². The van der Waals surface area contributed by atoms with Crippen molar-refractivity contribution < 1.29 is 4.79 Å². The van der Waals surface area contributed by atoms with Crippen molar-refractivity contribution in [2.75, 3.05) is 39.8 Å². The van der Waals surface area contributed by atoms with Gasteiger partial charge in [-0.3, -0.25) is 14.6 Å². The van der Waals surface area contributed by atoms with Gasteiger partial charge in [0.25, 0.3) is 0 Å². The Morgan fingerprint density at radius 1 is 1.43 bits per heavy atom. The molecule has 1 aromatic rings. The highest BCUT2D eigenvalue weighted by Crippen LogP contribution is 2.33. The zero-order valence-electron chi connectivity index (χ0n) is 12.6. The van der Waals surface area contributed by atoms with Crippen LogP contribution >= 0.6 is 11.3 Å². The lowest BCUT2D eigenvalue weighted by Crippen LogP contribution is -2.66. The molecule has 0 aromatic carbocycles. The van der Waals surface area contributed by atoms with E-state index in [9.17, 15) is 4.79 Å². The summed E-state index contributed by atoms with van der Waals surface area (Å²) in [7, 11) is 1.93. The van der Waals surface area contributed by atoms with Gasteiger partial charge in [-0.2, -0.15) is 11.3 Å². The summed E-state index contributed by atoms with van der Waals surface area (Å²) in [4.78, 5) is 19.4. The Morgan fingerprint density at radius 2 is 2.29 bits per heavy atom. The van der Waals surface area contributed by atoms with E-state index in [4.69, 9.17) is 0 Å². The van der Waals surface area contributed by atoms with Crippen LogP contribution in [0.2, 0.25) is 0 Å². The number of likely N-dealkylation sites (tertiary alicyclic amines) is 1.